The normalized spacial score (nSPS) is 11.5. The third kappa shape index (κ3) is 5.48. The lowest BCUT2D eigenvalue weighted by Crippen LogP contribution is -2.14. The second-order valence-electron chi connectivity index (χ2n) is 9.83. The first kappa shape index (κ1) is 28.9. The van der Waals surface area contributed by atoms with E-state index in [0.29, 0.717) is 27.9 Å². The van der Waals surface area contributed by atoms with Crippen molar-refractivity contribution in [2.75, 3.05) is 10.5 Å². The highest BCUT2D eigenvalue weighted by molar-refractivity contribution is 7.92. The number of nitrogens with two attached hydrogens (primary N) is 1. The molecule has 13 heteroatoms. The standard InChI is InChI=1S/C31H22ClF2N5O4S/c1-17-11-20(43-29-8-3-2-7-23(29)33)9-10-28(17)39-31(35)22(16-36-39)30(40)27-13-18-12-24(34)26(15-25(18)37-27)38-44(41,42)21-6-4-5-19(32)14-21/h2-16,37-38H,35H2,1H3. The van der Waals surface area contributed by atoms with Crippen LogP contribution in [0.3, 0.4) is 0 Å². The van der Waals surface area contributed by atoms with Crippen molar-refractivity contribution in [3.8, 4) is 17.2 Å². The van der Waals surface area contributed by atoms with Gasteiger partial charge in [-0.15, -0.1) is 0 Å². The number of hydrogen-bond acceptors (Lipinski definition) is 6. The largest absolute Gasteiger partial charge is 0.454 e. The second-order valence-corrected chi connectivity index (χ2v) is 11.9. The number of halogens is 3. The van der Waals surface area contributed by atoms with Gasteiger partial charge in [-0.25, -0.2) is 21.9 Å². The number of aromatic nitrogens is 3. The van der Waals surface area contributed by atoms with Crippen molar-refractivity contribution >= 4 is 49.8 Å². The van der Waals surface area contributed by atoms with Crippen LogP contribution in [0.1, 0.15) is 21.6 Å². The Bertz CT molecular complexity index is 2200. The highest BCUT2D eigenvalue weighted by atomic mass is 35.5. The van der Waals surface area contributed by atoms with Gasteiger partial charge in [-0.05, 0) is 79.2 Å². The van der Waals surface area contributed by atoms with E-state index in [1.54, 1.807) is 37.3 Å². The smallest absolute Gasteiger partial charge is 0.262 e. The number of aryl methyl sites for hydroxylation is 1. The maximum atomic E-state index is 14.9. The summed E-state index contributed by atoms with van der Waals surface area (Å²) < 4.78 is 63.8. The monoisotopic (exact) mass is 633 g/mol. The zero-order valence-corrected chi connectivity index (χ0v) is 24.4. The number of H-pyrrole nitrogens is 1. The zero-order valence-electron chi connectivity index (χ0n) is 22.8. The number of nitrogens with one attached hydrogen (secondary N) is 2. The van der Waals surface area contributed by atoms with E-state index in [9.17, 15) is 22.0 Å². The van der Waals surface area contributed by atoms with Crippen molar-refractivity contribution in [3.63, 3.8) is 0 Å². The first-order valence-corrected chi connectivity index (χ1v) is 14.9. The van der Waals surface area contributed by atoms with Crippen molar-refractivity contribution in [1.29, 1.82) is 0 Å². The fourth-order valence-electron chi connectivity index (χ4n) is 4.64. The summed E-state index contributed by atoms with van der Waals surface area (Å²) in [5.41, 5.74) is 7.78. The Balaban J connectivity index is 1.26. The van der Waals surface area contributed by atoms with Crippen molar-refractivity contribution < 1.29 is 26.7 Å². The highest BCUT2D eigenvalue weighted by Gasteiger charge is 2.22. The number of fused-ring (bicyclic) bond motifs is 1. The first-order chi connectivity index (χ1) is 21.0. The molecule has 9 nitrogen and oxygen atoms in total. The van der Waals surface area contributed by atoms with Gasteiger partial charge in [0.15, 0.2) is 11.6 Å². The Labute approximate surface area is 254 Å². The van der Waals surface area contributed by atoms with Crippen molar-refractivity contribution in [1.82, 2.24) is 14.8 Å². The number of rotatable bonds is 8. The lowest BCUT2D eigenvalue weighted by molar-refractivity contribution is 0.103. The van der Waals surface area contributed by atoms with Crippen molar-refractivity contribution in [2.45, 2.75) is 11.8 Å². The first-order valence-electron chi connectivity index (χ1n) is 13.0. The van der Waals surface area contributed by atoms with Gasteiger partial charge < -0.3 is 15.5 Å². The number of para-hydroxylation sites is 1. The summed E-state index contributed by atoms with van der Waals surface area (Å²) in [5, 5.41) is 4.83. The summed E-state index contributed by atoms with van der Waals surface area (Å²) in [6.07, 6.45) is 1.32. The number of carbonyl (C=O) groups is 1. The van der Waals surface area contributed by atoms with Crippen LogP contribution in [-0.4, -0.2) is 29.0 Å². The highest BCUT2D eigenvalue weighted by Crippen LogP contribution is 2.31. The molecule has 0 saturated carbocycles. The minimum atomic E-state index is -4.14. The predicted molar refractivity (Wildman–Crippen MR) is 163 cm³/mol. The van der Waals surface area contributed by atoms with Gasteiger partial charge in [-0.3, -0.25) is 9.52 Å². The van der Waals surface area contributed by atoms with Crippen molar-refractivity contribution in [2.24, 2.45) is 0 Å². The molecular weight excluding hydrogens is 612 g/mol. The van der Waals surface area contributed by atoms with Crippen LogP contribution >= 0.6 is 11.6 Å². The molecule has 6 rings (SSSR count). The van der Waals surface area contributed by atoms with Gasteiger partial charge in [-0.2, -0.15) is 5.10 Å². The summed E-state index contributed by atoms with van der Waals surface area (Å²) in [5.74, 6) is -1.31. The van der Waals surface area contributed by atoms with Crippen LogP contribution in [0.25, 0.3) is 16.6 Å². The predicted octanol–water partition coefficient (Wildman–Crippen LogP) is 7.00. The van der Waals surface area contributed by atoms with E-state index in [1.807, 2.05) is 0 Å². The third-order valence-electron chi connectivity index (χ3n) is 6.82. The lowest BCUT2D eigenvalue weighted by Gasteiger charge is -2.12. The molecule has 44 heavy (non-hydrogen) atoms. The molecule has 222 valence electrons. The van der Waals surface area contributed by atoms with Gasteiger partial charge in [0.05, 0.1) is 33.7 Å². The quantitative estimate of drug-likeness (QED) is 0.155. The molecule has 6 aromatic rings. The van der Waals surface area contributed by atoms with Crippen LogP contribution in [0.2, 0.25) is 5.02 Å². The van der Waals surface area contributed by atoms with E-state index in [-0.39, 0.29) is 38.4 Å². The molecule has 0 aliphatic carbocycles. The molecule has 0 aliphatic heterocycles. The van der Waals surface area contributed by atoms with Gasteiger partial charge >= 0.3 is 0 Å². The number of ketones is 1. The summed E-state index contributed by atoms with van der Waals surface area (Å²) in [4.78, 5) is 16.2. The zero-order chi connectivity index (χ0) is 31.2. The number of nitrogens with zero attached hydrogens (tertiary/aromatic N) is 2. The van der Waals surface area contributed by atoms with Crippen molar-refractivity contribution in [3.05, 3.63) is 125 Å². The minimum absolute atomic E-state index is 0.0562. The van der Waals surface area contributed by atoms with E-state index in [2.05, 4.69) is 14.8 Å². The Morgan fingerprint density at radius 2 is 1.80 bits per heavy atom. The number of benzene rings is 4. The minimum Gasteiger partial charge on any atom is -0.454 e. The fourth-order valence-corrected chi connectivity index (χ4v) is 6.00. The van der Waals surface area contributed by atoms with Crippen LogP contribution in [0, 0.1) is 18.6 Å². The summed E-state index contributed by atoms with van der Waals surface area (Å²) >= 11 is 5.90. The molecule has 2 aromatic heterocycles. The van der Waals surface area contributed by atoms with Gasteiger partial charge in [0.25, 0.3) is 10.0 Å². The van der Waals surface area contributed by atoms with E-state index >= 15 is 0 Å². The molecule has 2 heterocycles. The van der Waals surface area contributed by atoms with E-state index in [0.717, 1.165) is 6.07 Å². The average Bonchev–Trinajstić information content (AvgIpc) is 3.57. The molecular formula is C31H22ClF2N5O4S. The summed E-state index contributed by atoms with van der Waals surface area (Å²) in [7, 11) is -4.14. The van der Waals surface area contributed by atoms with Gasteiger partial charge in [0.1, 0.15) is 17.4 Å². The maximum absolute atomic E-state index is 14.9. The fraction of sp³-hybridized carbons (Fsp3) is 0.0323. The summed E-state index contributed by atoms with van der Waals surface area (Å²) in [6.45, 7) is 1.79. The molecule has 4 N–H and O–H groups in total. The Kier molecular flexibility index (Phi) is 7.31. The molecule has 0 amide bonds. The van der Waals surface area contributed by atoms with Crippen LogP contribution in [0.5, 0.6) is 11.5 Å². The van der Waals surface area contributed by atoms with Gasteiger partial charge in [0.2, 0.25) is 5.78 Å². The van der Waals surface area contributed by atoms with E-state index in [1.165, 1.54) is 59.4 Å². The Hall–Kier alpha value is -5.20. The molecule has 0 unspecified atom stereocenters. The number of carbonyl (C=O) groups excluding carboxylic acids is 1. The number of sulfonamides is 1. The van der Waals surface area contributed by atoms with Crippen LogP contribution < -0.4 is 15.2 Å². The molecule has 0 aliphatic rings. The lowest BCUT2D eigenvalue weighted by atomic mass is 10.1. The Morgan fingerprint density at radius 1 is 1.00 bits per heavy atom. The number of anilines is 2. The average molecular weight is 634 g/mol. The van der Waals surface area contributed by atoms with E-state index in [4.69, 9.17) is 22.1 Å². The third-order valence-corrected chi connectivity index (χ3v) is 8.41. The maximum Gasteiger partial charge on any atom is 0.262 e. The Morgan fingerprint density at radius 3 is 2.55 bits per heavy atom. The SMILES string of the molecule is Cc1cc(Oc2ccccc2F)ccc1-n1ncc(C(=O)c2cc3cc(F)c(NS(=O)(=O)c4cccc(Cl)c4)cc3[nH]2)c1N. The molecule has 0 radical (unpaired) electrons. The van der Waals surface area contributed by atoms with Crippen LogP contribution in [0.15, 0.2) is 96.0 Å². The van der Waals surface area contributed by atoms with Gasteiger partial charge in [-0.1, -0.05) is 29.8 Å². The number of aromatic amines is 1. The van der Waals surface area contributed by atoms with Gasteiger partial charge in [0, 0.05) is 15.9 Å². The number of hydrogen-bond donors (Lipinski definition) is 3. The summed E-state index contributed by atoms with van der Waals surface area (Å²) in [6, 6.07) is 20.4. The van der Waals surface area contributed by atoms with Crippen LogP contribution in [0.4, 0.5) is 20.3 Å². The van der Waals surface area contributed by atoms with Crippen LogP contribution in [-0.2, 0) is 10.0 Å². The molecule has 0 fully saturated rings. The molecule has 4 aromatic carbocycles. The molecule has 0 saturated heterocycles. The molecule has 0 bridgehead atoms. The second kappa shape index (κ2) is 11.1. The van der Waals surface area contributed by atoms with E-state index < -0.39 is 27.4 Å². The number of ether oxygens (including phenoxy) is 1. The molecule has 0 spiro atoms. The topological polar surface area (TPSA) is 132 Å². The number of nitrogen functional groups attached to an aromatic ring is 1. The molecule has 0 atom stereocenters.